The highest BCUT2D eigenvalue weighted by molar-refractivity contribution is 6.30. The number of amides is 2. The van der Waals surface area contributed by atoms with Gasteiger partial charge in [-0.1, -0.05) is 32.4 Å². The van der Waals surface area contributed by atoms with E-state index in [0.717, 1.165) is 25.0 Å². The molecular weight excluding hydrogens is 620 g/mol. The molecule has 13 heteroatoms. The molecule has 2 saturated heterocycles. The summed E-state index contributed by atoms with van der Waals surface area (Å²) in [5.41, 5.74) is -1.14. The number of hydrogen-bond donors (Lipinski definition) is 2. The number of alkyl halides is 2. The summed E-state index contributed by atoms with van der Waals surface area (Å²) >= 11 is 6.02. The summed E-state index contributed by atoms with van der Waals surface area (Å²) in [4.78, 5) is 44.2. The van der Waals surface area contributed by atoms with Crippen molar-refractivity contribution in [2.45, 2.75) is 83.8 Å². The van der Waals surface area contributed by atoms with Gasteiger partial charge < -0.3 is 25.0 Å². The molecule has 0 atom stereocenters. The van der Waals surface area contributed by atoms with Crippen LogP contribution in [0.15, 0.2) is 30.5 Å². The fourth-order valence-corrected chi connectivity index (χ4v) is 8.78. The number of likely N-dealkylation sites (tertiary alicyclic amines) is 2. The lowest BCUT2D eigenvalue weighted by Gasteiger charge is -2.69. The van der Waals surface area contributed by atoms with E-state index in [1.54, 1.807) is 10.9 Å². The first kappa shape index (κ1) is 32.7. The van der Waals surface area contributed by atoms with E-state index in [1.165, 1.54) is 18.2 Å². The molecule has 1 aromatic heterocycles. The molecule has 2 N–H and O–H groups in total. The Labute approximate surface area is 272 Å². The number of piperidine rings is 2. The van der Waals surface area contributed by atoms with Crippen molar-refractivity contribution in [2.75, 3.05) is 38.0 Å². The Morgan fingerprint density at radius 2 is 1.70 bits per heavy atom. The van der Waals surface area contributed by atoms with Gasteiger partial charge in [0.1, 0.15) is 5.54 Å². The SMILES string of the molecule is CC(C)c1ccnn1C1(C(=O)Nc2ccc(Cl)cc2OC(F)F)CCN(CC2(C(=O)O)CCN(C(=O)C34CC(C)(C3)C4)CC2)CC1. The Morgan fingerprint density at radius 1 is 1.04 bits per heavy atom. The molecule has 2 aromatic rings. The Morgan fingerprint density at radius 3 is 2.26 bits per heavy atom. The van der Waals surface area contributed by atoms with E-state index in [2.05, 4.69) is 27.0 Å². The van der Waals surface area contributed by atoms with E-state index < -0.39 is 29.4 Å². The molecule has 7 rings (SSSR count). The van der Waals surface area contributed by atoms with Crippen LogP contribution in [0.2, 0.25) is 5.02 Å². The van der Waals surface area contributed by atoms with Crippen LogP contribution in [-0.4, -0.2) is 81.8 Å². The number of aliphatic carboxylic acids is 1. The Bertz CT molecular complexity index is 1490. The first-order valence-electron chi connectivity index (χ1n) is 16.1. The molecule has 5 aliphatic rings. The molecule has 3 aliphatic carbocycles. The molecule has 3 saturated carbocycles. The van der Waals surface area contributed by atoms with E-state index in [4.69, 9.17) is 11.6 Å². The van der Waals surface area contributed by atoms with Crippen molar-refractivity contribution < 1.29 is 33.0 Å². The van der Waals surface area contributed by atoms with Crippen LogP contribution in [-0.2, 0) is 19.9 Å². The zero-order chi connectivity index (χ0) is 33.1. The highest BCUT2D eigenvalue weighted by atomic mass is 35.5. The first-order valence-corrected chi connectivity index (χ1v) is 16.4. The van der Waals surface area contributed by atoms with Gasteiger partial charge in [0.05, 0.1) is 16.5 Å². The van der Waals surface area contributed by atoms with Gasteiger partial charge in [-0.15, -0.1) is 0 Å². The molecule has 5 fully saturated rings. The number of nitrogens with one attached hydrogen (secondary N) is 1. The molecule has 10 nitrogen and oxygen atoms in total. The Hall–Kier alpha value is -3.25. The van der Waals surface area contributed by atoms with E-state index in [-0.39, 0.29) is 33.7 Å². The van der Waals surface area contributed by atoms with Gasteiger partial charge in [-0.25, -0.2) is 0 Å². The van der Waals surface area contributed by atoms with Crippen molar-refractivity contribution in [2.24, 2.45) is 16.2 Å². The van der Waals surface area contributed by atoms with Crippen LogP contribution >= 0.6 is 11.6 Å². The minimum absolute atomic E-state index is 0.0507. The number of halogens is 3. The number of ether oxygens (including phenoxy) is 1. The van der Waals surface area contributed by atoms with Crippen LogP contribution in [0.3, 0.4) is 0 Å². The lowest BCUT2D eigenvalue weighted by molar-refractivity contribution is -0.211. The monoisotopic (exact) mass is 661 g/mol. The average Bonchev–Trinajstić information content (AvgIpc) is 3.48. The summed E-state index contributed by atoms with van der Waals surface area (Å²) in [6.07, 6.45) is 5.86. The maximum Gasteiger partial charge on any atom is 0.387 e. The standard InChI is InChI=1S/C33H42ClF2N5O5/c1-21(2)24-6-11-37-41(24)33(26(42)38-23-5-4-22(34)16-25(23)46-29(35)36)9-12-39(13-10-33)20-31(28(44)45)7-14-40(15-8-31)27(43)32-17-30(3,18-32)19-32/h4-6,11,16,21,29H,7-10,12-15,17-20H2,1-3H3,(H,38,42)(H,44,45). The number of anilines is 1. The highest BCUT2D eigenvalue weighted by Gasteiger charge is 2.69. The van der Waals surface area contributed by atoms with Crippen LogP contribution < -0.4 is 10.1 Å². The van der Waals surface area contributed by atoms with Crippen LogP contribution in [0.4, 0.5) is 14.5 Å². The molecule has 0 radical (unpaired) electrons. The minimum atomic E-state index is -3.11. The third kappa shape index (κ3) is 5.65. The number of benzene rings is 1. The van der Waals surface area contributed by atoms with Crippen molar-refractivity contribution in [3.63, 3.8) is 0 Å². The molecule has 0 spiro atoms. The second kappa shape index (κ2) is 11.8. The molecule has 250 valence electrons. The van der Waals surface area contributed by atoms with Gasteiger partial charge in [-0.05, 0) is 74.5 Å². The number of carboxylic acid groups (broad SMARTS) is 1. The fraction of sp³-hybridized carbons (Fsp3) is 0.636. The number of carbonyl (C=O) groups excluding carboxylic acids is 2. The molecular formula is C33H42ClF2N5O5. The summed E-state index contributed by atoms with van der Waals surface area (Å²) < 4.78 is 32.7. The average molecular weight is 662 g/mol. The molecule has 2 amide bonds. The number of carbonyl (C=O) groups is 3. The van der Waals surface area contributed by atoms with E-state index >= 15 is 0 Å². The summed E-state index contributed by atoms with van der Waals surface area (Å²) in [5, 5.41) is 18.0. The quantitative estimate of drug-likeness (QED) is 0.342. The third-order valence-electron chi connectivity index (χ3n) is 10.9. The van der Waals surface area contributed by atoms with Gasteiger partial charge in [0, 0.05) is 55.7 Å². The largest absolute Gasteiger partial charge is 0.481 e. The summed E-state index contributed by atoms with van der Waals surface area (Å²) in [6, 6.07) is 6.00. The highest BCUT2D eigenvalue weighted by Crippen LogP contribution is 2.73. The van der Waals surface area contributed by atoms with Gasteiger partial charge in [-0.2, -0.15) is 13.9 Å². The van der Waals surface area contributed by atoms with E-state index in [0.29, 0.717) is 63.8 Å². The molecule has 3 heterocycles. The number of nitrogens with zero attached hydrogens (tertiary/aromatic N) is 4. The maximum absolute atomic E-state index is 14.2. The fourth-order valence-electron chi connectivity index (χ4n) is 8.62. The minimum Gasteiger partial charge on any atom is -0.481 e. The molecule has 46 heavy (non-hydrogen) atoms. The maximum atomic E-state index is 14.2. The second-order valence-corrected chi connectivity index (χ2v) is 15.0. The predicted molar refractivity (Wildman–Crippen MR) is 167 cm³/mol. The topological polar surface area (TPSA) is 117 Å². The Kier molecular flexibility index (Phi) is 8.36. The third-order valence-corrected chi connectivity index (χ3v) is 11.2. The zero-order valence-corrected chi connectivity index (χ0v) is 27.3. The predicted octanol–water partition coefficient (Wildman–Crippen LogP) is 5.57. The lowest BCUT2D eigenvalue weighted by Crippen LogP contribution is -2.67. The molecule has 2 aliphatic heterocycles. The lowest BCUT2D eigenvalue weighted by atomic mass is 9.35. The van der Waals surface area contributed by atoms with Gasteiger partial charge >= 0.3 is 12.6 Å². The van der Waals surface area contributed by atoms with Gasteiger partial charge in [-0.3, -0.25) is 19.1 Å². The van der Waals surface area contributed by atoms with Crippen LogP contribution in [0.5, 0.6) is 5.75 Å². The van der Waals surface area contributed by atoms with Crippen molar-refractivity contribution in [1.29, 1.82) is 0 Å². The number of hydrogen-bond acceptors (Lipinski definition) is 6. The van der Waals surface area contributed by atoms with E-state index in [9.17, 15) is 28.3 Å². The summed E-state index contributed by atoms with van der Waals surface area (Å²) in [5.74, 6) is -1.30. The first-order chi connectivity index (χ1) is 21.7. The number of carboxylic acids is 1. The normalized spacial score (nSPS) is 26.7. The van der Waals surface area contributed by atoms with Crippen molar-refractivity contribution in [3.05, 3.63) is 41.2 Å². The molecule has 0 unspecified atom stereocenters. The van der Waals surface area contributed by atoms with E-state index in [1.807, 2.05) is 24.8 Å². The second-order valence-electron chi connectivity index (χ2n) is 14.6. The smallest absolute Gasteiger partial charge is 0.387 e. The number of rotatable bonds is 10. The van der Waals surface area contributed by atoms with Crippen LogP contribution in [0, 0.1) is 16.2 Å². The van der Waals surface area contributed by atoms with Crippen LogP contribution in [0.25, 0.3) is 0 Å². The zero-order valence-electron chi connectivity index (χ0n) is 26.5. The van der Waals surface area contributed by atoms with Crippen molar-refractivity contribution >= 4 is 35.1 Å². The molecule has 1 aromatic carbocycles. The van der Waals surface area contributed by atoms with Crippen molar-refractivity contribution in [1.82, 2.24) is 19.6 Å². The van der Waals surface area contributed by atoms with Crippen LogP contribution in [0.1, 0.15) is 77.3 Å². The molecule has 2 bridgehead atoms. The van der Waals surface area contributed by atoms with Gasteiger partial charge in [0.2, 0.25) is 5.91 Å². The Balaban J connectivity index is 1.18. The van der Waals surface area contributed by atoms with Gasteiger partial charge in [0.15, 0.2) is 5.75 Å². The summed E-state index contributed by atoms with van der Waals surface area (Å²) in [6.45, 7) is 5.13. The van der Waals surface area contributed by atoms with Gasteiger partial charge in [0.25, 0.3) is 5.91 Å². The summed E-state index contributed by atoms with van der Waals surface area (Å²) in [7, 11) is 0. The van der Waals surface area contributed by atoms with Crippen molar-refractivity contribution in [3.8, 4) is 5.75 Å². The number of aromatic nitrogens is 2.